The summed E-state index contributed by atoms with van der Waals surface area (Å²) in [6, 6.07) is 1.80. The normalized spacial score (nSPS) is 15.4. The quantitative estimate of drug-likeness (QED) is 0.774. The zero-order valence-corrected chi connectivity index (χ0v) is 12.2. The molecule has 6 heteroatoms. The van der Waals surface area contributed by atoms with Crippen molar-refractivity contribution in [2.75, 3.05) is 45.9 Å². The van der Waals surface area contributed by atoms with Crippen molar-refractivity contribution in [3.8, 4) is 11.8 Å². The van der Waals surface area contributed by atoms with Gasteiger partial charge in [0, 0.05) is 31.6 Å². The molecule has 108 valence electrons. The standard InChI is InChI=1S/C14H19N3O2S/c15-3-1-2-13-10-12(11-20-13)14(18)16-4-5-17-6-8-19-9-7-17/h10-11H,3-9,15H2,(H,16,18). The Bertz CT molecular complexity index is 498. The van der Waals surface area contributed by atoms with Gasteiger partial charge in [0.05, 0.1) is 30.2 Å². The zero-order valence-electron chi connectivity index (χ0n) is 11.4. The van der Waals surface area contributed by atoms with E-state index < -0.39 is 0 Å². The molecule has 1 amide bonds. The van der Waals surface area contributed by atoms with E-state index in [1.54, 1.807) is 6.07 Å². The molecule has 5 nitrogen and oxygen atoms in total. The maximum atomic E-state index is 12.0. The van der Waals surface area contributed by atoms with Crippen LogP contribution in [0.3, 0.4) is 0 Å². The minimum atomic E-state index is -0.0460. The second kappa shape index (κ2) is 8.02. The summed E-state index contributed by atoms with van der Waals surface area (Å²) in [5.74, 6) is 5.66. The first-order valence-corrected chi connectivity index (χ1v) is 7.53. The summed E-state index contributed by atoms with van der Waals surface area (Å²) in [6.45, 7) is 5.28. The van der Waals surface area contributed by atoms with Gasteiger partial charge in [0.25, 0.3) is 5.91 Å². The molecule has 2 rings (SSSR count). The molecule has 0 unspecified atom stereocenters. The fourth-order valence-corrected chi connectivity index (χ4v) is 2.67. The first kappa shape index (κ1) is 15.0. The number of amides is 1. The molecular weight excluding hydrogens is 274 g/mol. The van der Waals surface area contributed by atoms with Gasteiger partial charge < -0.3 is 15.8 Å². The summed E-state index contributed by atoms with van der Waals surface area (Å²) in [5.41, 5.74) is 5.98. The Hall–Kier alpha value is -1.39. The van der Waals surface area contributed by atoms with Crippen molar-refractivity contribution < 1.29 is 9.53 Å². The lowest BCUT2D eigenvalue weighted by Gasteiger charge is -2.26. The molecule has 1 aliphatic rings. The van der Waals surface area contributed by atoms with Crippen LogP contribution >= 0.6 is 11.3 Å². The maximum absolute atomic E-state index is 12.0. The fraction of sp³-hybridized carbons (Fsp3) is 0.500. The van der Waals surface area contributed by atoms with E-state index in [2.05, 4.69) is 22.1 Å². The first-order valence-electron chi connectivity index (χ1n) is 6.65. The number of morpholine rings is 1. The average molecular weight is 293 g/mol. The van der Waals surface area contributed by atoms with Gasteiger partial charge in [-0.1, -0.05) is 11.8 Å². The summed E-state index contributed by atoms with van der Waals surface area (Å²) in [4.78, 5) is 15.1. The van der Waals surface area contributed by atoms with Crippen LogP contribution in [0.1, 0.15) is 15.2 Å². The van der Waals surface area contributed by atoms with Crippen LogP contribution in [0, 0.1) is 11.8 Å². The molecule has 1 aromatic heterocycles. The molecule has 1 aromatic rings. The van der Waals surface area contributed by atoms with Crippen molar-refractivity contribution in [1.82, 2.24) is 10.2 Å². The molecule has 0 spiro atoms. The lowest BCUT2D eigenvalue weighted by molar-refractivity contribution is 0.0383. The largest absolute Gasteiger partial charge is 0.379 e. The smallest absolute Gasteiger partial charge is 0.252 e. The van der Waals surface area contributed by atoms with Gasteiger partial charge in [-0.2, -0.15) is 0 Å². The summed E-state index contributed by atoms with van der Waals surface area (Å²) in [5, 5.41) is 4.75. The molecule has 20 heavy (non-hydrogen) atoms. The van der Waals surface area contributed by atoms with Gasteiger partial charge in [0.15, 0.2) is 0 Å². The Labute approximate surface area is 123 Å². The third-order valence-electron chi connectivity index (χ3n) is 2.99. The summed E-state index contributed by atoms with van der Waals surface area (Å²) < 4.78 is 5.28. The van der Waals surface area contributed by atoms with Crippen LogP contribution < -0.4 is 11.1 Å². The molecule has 2 heterocycles. The topological polar surface area (TPSA) is 67.6 Å². The van der Waals surface area contributed by atoms with Crippen molar-refractivity contribution in [2.24, 2.45) is 5.73 Å². The zero-order chi connectivity index (χ0) is 14.2. The van der Waals surface area contributed by atoms with E-state index in [1.807, 2.05) is 5.38 Å². The Balaban J connectivity index is 1.75. The van der Waals surface area contributed by atoms with Gasteiger partial charge in [-0.25, -0.2) is 0 Å². The van der Waals surface area contributed by atoms with Crippen LogP contribution in [0.5, 0.6) is 0 Å². The van der Waals surface area contributed by atoms with Gasteiger partial charge in [0.1, 0.15) is 0 Å². The predicted octanol–water partition coefficient (Wildman–Crippen LogP) is 0.120. The molecule has 0 aliphatic carbocycles. The van der Waals surface area contributed by atoms with E-state index in [9.17, 15) is 4.79 Å². The third kappa shape index (κ3) is 4.62. The molecule has 3 N–H and O–H groups in total. The van der Waals surface area contributed by atoms with Crippen molar-refractivity contribution in [1.29, 1.82) is 0 Å². The van der Waals surface area contributed by atoms with E-state index >= 15 is 0 Å². The molecule has 1 saturated heterocycles. The van der Waals surface area contributed by atoms with Gasteiger partial charge >= 0.3 is 0 Å². The number of rotatable bonds is 4. The summed E-state index contributed by atoms with van der Waals surface area (Å²) in [7, 11) is 0. The van der Waals surface area contributed by atoms with E-state index in [1.165, 1.54) is 11.3 Å². The van der Waals surface area contributed by atoms with E-state index in [-0.39, 0.29) is 5.91 Å². The molecule has 0 aromatic carbocycles. The summed E-state index contributed by atoms with van der Waals surface area (Å²) in [6.07, 6.45) is 0. The number of hydrogen-bond acceptors (Lipinski definition) is 5. The molecule has 1 fully saturated rings. The van der Waals surface area contributed by atoms with Crippen LogP contribution in [0.2, 0.25) is 0 Å². The number of nitrogens with one attached hydrogen (secondary N) is 1. The number of carbonyl (C=O) groups excluding carboxylic acids is 1. The van der Waals surface area contributed by atoms with Crippen LogP contribution in [-0.4, -0.2) is 56.7 Å². The van der Waals surface area contributed by atoms with Crippen LogP contribution in [0.25, 0.3) is 0 Å². The fourth-order valence-electron chi connectivity index (χ4n) is 1.91. The number of carbonyl (C=O) groups is 1. The summed E-state index contributed by atoms with van der Waals surface area (Å²) >= 11 is 1.46. The highest BCUT2D eigenvalue weighted by molar-refractivity contribution is 7.10. The number of thiophene rings is 1. The Morgan fingerprint density at radius 3 is 3.05 bits per heavy atom. The van der Waals surface area contributed by atoms with Crippen molar-refractivity contribution in [3.63, 3.8) is 0 Å². The second-order valence-corrected chi connectivity index (χ2v) is 5.33. The number of ether oxygens (including phenoxy) is 1. The second-order valence-electron chi connectivity index (χ2n) is 4.42. The number of nitrogens with two attached hydrogens (primary N) is 1. The van der Waals surface area contributed by atoms with Crippen molar-refractivity contribution in [2.45, 2.75) is 0 Å². The third-order valence-corrected chi connectivity index (χ3v) is 3.84. The monoisotopic (exact) mass is 293 g/mol. The lowest BCUT2D eigenvalue weighted by Crippen LogP contribution is -2.41. The molecular formula is C14H19N3O2S. The molecule has 0 saturated carbocycles. The average Bonchev–Trinajstić information content (AvgIpc) is 2.95. The van der Waals surface area contributed by atoms with E-state index in [0.29, 0.717) is 18.7 Å². The first-order chi connectivity index (χ1) is 9.79. The maximum Gasteiger partial charge on any atom is 0.252 e. The Morgan fingerprint density at radius 1 is 1.50 bits per heavy atom. The highest BCUT2D eigenvalue weighted by Gasteiger charge is 2.11. The Morgan fingerprint density at radius 2 is 2.30 bits per heavy atom. The molecule has 0 atom stereocenters. The number of hydrogen-bond donors (Lipinski definition) is 2. The van der Waals surface area contributed by atoms with E-state index in [0.717, 1.165) is 37.7 Å². The minimum Gasteiger partial charge on any atom is -0.379 e. The van der Waals surface area contributed by atoms with Crippen molar-refractivity contribution in [3.05, 3.63) is 21.9 Å². The van der Waals surface area contributed by atoms with E-state index in [4.69, 9.17) is 10.5 Å². The molecule has 0 radical (unpaired) electrons. The molecule has 0 bridgehead atoms. The SMILES string of the molecule is NCC#Cc1cc(C(=O)NCCN2CCOCC2)cs1. The molecule has 1 aliphatic heterocycles. The van der Waals surface area contributed by atoms with Crippen LogP contribution in [0.15, 0.2) is 11.4 Å². The number of nitrogens with zero attached hydrogens (tertiary/aromatic N) is 1. The van der Waals surface area contributed by atoms with Gasteiger partial charge in [-0.05, 0) is 6.07 Å². The predicted molar refractivity (Wildman–Crippen MR) is 79.8 cm³/mol. The highest BCUT2D eigenvalue weighted by Crippen LogP contribution is 2.13. The van der Waals surface area contributed by atoms with Crippen LogP contribution in [-0.2, 0) is 4.74 Å². The highest BCUT2D eigenvalue weighted by atomic mass is 32.1. The Kier molecular flexibility index (Phi) is 6.02. The van der Waals surface area contributed by atoms with Crippen molar-refractivity contribution >= 4 is 17.2 Å². The van der Waals surface area contributed by atoms with Gasteiger partial charge in [-0.15, -0.1) is 11.3 Å². The van der Waals surface area contributed by atoms with Gasteiger partial charge in [0.2, 0.25) is 0 Å². The minimum absolute atomic E-state index is 0.0460. The van der Waals surface area contributed by atoms with Crippen LogP contribution in [0.4, 0.5) is 0 Å². The lowest BCUT2D eigenvalue weighted by atomic mass is 10.3. The van der Waals surface area contributed by atoms with Gasteiger partial charge in [-0.3, -0.25) is 9.69 Å².